The zero-order chi connectivity index (χ0) is 16.9. The molecular formula is C15H17F3N2O3. The second-order valence-electron chi connectivity index (χ2n) is 5.31. The van der Waals surface area contributed by atoms with Gasteiger partial charge in [-0.2, -0.15) is 13.2 Å². The van der Waals surface area contributed by atoms with Gasteiger partial charge < -0.3 is 15.4 Å². The Morgan fingerprint density at radius 2 is 1.65 bits per heavy atom. The van der Waals surface area contributed by atoms with Crippen LogP contribution in [0.2, 0.25) is 0 Å². The Hall–Kier alpha value is -2.09. The zero-order valence-corrected chi connectivity index (χ0v) is 12.3. The number of carbonyl (C=O) groups is 2. The summed E-state index contributed by atoms with van der Waals surface area (Å²) in [5.41, 5.74) is 0.0531. The molecule has 0 saturated carbocycles. The molecule has 2 amide bonds. The van der Waals surface area contributed by atoms with Gasteiger partial charge in [0.2, 0.25) is 5.91 Å². The molecule has 0 aromatic heterocycles. The van der Waals surface area contributed by atoms with E-state index in [0.717, 1.165) is 12.8 Å². The first-order valence-electron chi connectivity index (χ1n) is 7.21. The standard InChI is InChI=1S/C15H17F3N2O3/c16-15(17,18)14(22)20-12-4-2-1-3-11(12)19-13(21)9-10-5-7-23-8-6-10/h1-4,10H,5-9H2,(H,19,21)(H,20,22). The number of halogens is 3. The van der Waals surface area contributed by atoms with Crippen LogP contribution < -0.4 is 10.6 Å². The lowest BCUT2D eigenvalue weighted by Gasteiger charge is -2.21. The molecule has 2 N–H and O–H groups in total. The second-order valence-corrected chi connectivity index (χ2v) is 5.31. The SMILES string of the molecule is O=C(CC1CCOCC1)Nc1ccccc1NC(=O)C(F)(F)F. The molecule has 2 rings (SSSR count). The lowest BCUT2D eigenvalue weighted by molar-refractivity contribution is -0.167. The molecule has 0 unspecified atom stereocenters. The van der Waals surface area contributed by atoms with Crippen molar-refractivity contribution in [2.24, 2.45) is 5.92 Å². The van der Waals surface area contributed by atoms with Crippen LogP contribution in [-0.4, -0.2) is 31.2 Å². The summed E-state index contributed by atoms with van der Waals surface area (Å²) < 4.78 is 42.2. The summed E-state index contributed by atoms with van der Waals surface area (Å²) in [7, 11) is 0. The van der Waals surface area contributed by atoms with Crippen LogP contribution in [0, 0.1) is 5.92 Å². The van der Waals surface area contributed by atoms with Crippen molar-refractivity contribution < 1.29 is 27.5 Å². The van der Waals surface area contributed by atoms with Gasteiger partial charge in [0.1, 0.15) is 0 Å². The van der Waals surface area contributed by atoms with Gasteiger partial charge in [-0.25, -0.2) is 0 Å². The number of carbonyl (C=O) groups excluding carboxylic acids is 2. The Morgan fingerprint density at radius 3 is 2.22 bits per heavy atom. The highest BCUT2D eigenvalue weighted by atomic mass is 19.4. The van der Waals surface area contributed by atoms with Crippen molar-refractivity contribution in [2.75, 3.05) is 23.8 Å². The molecule has 1 aromatic rings. The van der Waals surface area contributed by atoms with Gasteiger partial charge in [-0.3, -0.25) is 9.59 Å². The third kappa shape index (κ3) is 5.24. The van der Waals surface area contributed by atoms with Gasteiger partial charge >= 0.3 is 12.1 Å². The van der Waals surface area contributed by atoms with Crippen LogP contribution in [0.3, 0.4) is 0 Å². The first kappa shape index (κ1) is 17.3. The fourth-order valence-electron chi connectivity index (χ4n) is 2.31. The molecule has 126 valence electrons. The van der Waals surface area contributed by atoms with E-state index in [1.807, 2.05) is 0 Å². The molecule has 0 atom stereocenters. The number of hydrogen-bond donors (Lipinski definition) is 2. The van der Waals surface area contributed by atoms with Crippen molar-refractivity contribution >= 4 is 23.2 Å². The van der Waals surface area contributed by atoms with Crippen LogP contribution in [0.5, 0.6) is 0 Å². The Labute approximate surface area is 131 Å². The Morgan fingerprint density at radius 1 is 1.09 bits per heavy atom. The van der Waals surface area contributed by atoms with E-state index in [9.17, 15) is 22.8 Å². The normalized spacial score (nSPS) is 16.0. The third-order valence-corrected chi connectivity index (χ3v) is 3.52. The van der Waals surface area contributed by atoms with Crippen molar-refractivity contribution in [3.63, 3.8) is 0 Å². The summed E-state index contributed by atoms with van der Waals surface area (Å²) in [6, 6.07) is 5.77. The van der Waals surface area contributed by atoms with Crippen molar-refractivity contribution in [1.82, 2.24) is 0 Å². The van der Waals surface area contributed by atoms with Crippen molar-refractivity contribution in [1.29, 1.82) is 0 Å². The Kier molecular flexibility index (Phi) is 5.59. The summed E-state index contributed by atoms with van der Waals surface area (Å²) in [5, 5.41) is 4.31. The number of para-hydroxylation sites is 2. The number of hydrogen-bond acceptors (Lipinski definition) is 3. The Bertz CT molecular complexity index is 569. The van der Waals surface area contributed by atoms with E-state index >= 15 is 0 Å². The number of benzene rings is 1. The van der Waals surface area contributed by atoms with E-state index in [4.69, 9.17) is 4.74 Å². The van der Waals surface area contributed by atoms with Crippen LogP contribution in [-0.2, 0) is 14.3 Å². The minimum absolute atomic E-state index is 0.0878. The molecule has 0 bridgehead atoms. The molecule has 0 aliphatic carbocycles. The van der Waals surface area contributed by atoms with Crippen LogP contribution in [0.25, 0.3) is 0 Å². The molecule has 23 heavy (non-hydrogen) atoms. The summed E-state index contributed by atoms with van der Waals surface area (Å²) in [4.78, 5) is 23.1. The Balaban J connectivity index is 1.99. The quantitative estimate of drug-likeness (QED) is 0.892. The number of ether oxygens (including phenoxy) is 1. The molecule has 0 spiro atoms. The van der Waals surface area contributed by atoms with Crippen molar-refractivity contribution in [3.8, 4) is 0 Å². The summed E-state index contributed by atoms with van der Waals surface area (Å²) in [6.07, 6.45) is -3.16. The second kappa shape index (κ2) is 7.45. The lowest BCUT2D eigenvalue weighted by Crippen LogP contribution is -2.30. The molecule has 1 heterocycles. The average molecular weight is 330 g/mol. The van der Waals surface area contributed by atoms with Gasteiger partial charge in [0, 0.05) is 19.6 Å². The molecule has 8 heteroatoms. The predicted octanol–water partition coefficient (Wildman–Crippen LogP) is 2.94. The monoisotopic (exact) mass is 330 g/mol. The van der Waals surface area contributed by atoms with Crippen LogP contribution in [0.15, 0.2) is 24.3 Å². The van der Waals surface area contributed by atoms with Crippen molar-refractivity contribution in [2.45, 2.75) is 25.4 Å². The van der Waals surface area contributed by atoms with Gasteiger partial charge in [-0.15, -0.1) is 0 Å². The first-order valence-corrected chi connectivity index (χ1v) is 7.21. The highest BCUT2D eigenvalue weighted by Crippen LogP contribution is 2.25. The van der Waals surface area contributed by atoms with Gasteiger partial charge in [0.15, 0.2) is 0 Å². The summed E-state index contributed by atoms with van der Waals surface area (Å²) in [6.45, 7) is 1.21. The maximum absolute atomic E-state index is 12.3. The molecule has 1 fully saturated rings. The molecule has 1 aromatic carbocycles. The largest absolute Gasteiger partial charge is 0.471 e. The zero-order valence-electron chi connectivity index (χ0n) is 12.3. The fraction of sp³-hybridized carbons (Fsp3) is 0.467. The van der Waals surface area contributed by atoms with E-state index in [0.29, 0.717) is 13.2 Å². The highest BCUT2D eigenvalue weighted by Gasteiger charge is 2.39. The number of alkyl halides is 3. The van der Waals surface area contributed by atoms with Gasteiger partial charge in [0.05, 0.1) is 11.4 Å². The van der Waals surface area contributed by atoms with Crippen molar-refractivity contribution in [3.05, 3.63) is 24.3 Å². The van der Waals surface area contributed by atoms with E-state index in [-0.39, 0.29) is 29.6 Å². The van der Waals surface area contributed by atoms with E-state index in [2.05, 4.69) is 5.32 Å². The molecule has 0 radical (unpaired) electrons. The fourth-order valence-corrected chi connectivity index (χ4v) is 2.31. The van der Waals surface area contributed by atoms with Crippen LogP contribution >= 0.6 is 0 Å². The maximum atomic E-state index is 12.3. The number of anilines is 2. The smallest absolute Gasteiger partial charge is 0.381 e. The third-order valence-electron chi connectivity index (χ3n) is 3.52. The topological polar surface area (TPSA) is 67.4 Å². The van der Waals surface area contributed by atoms with Crippen LogP contribution in [0.4, 0.5) is 24.5 Å². The maximum Gasteiger partial charge on any atom is 0.471 e. The highest BCUT2D eigenvalue weighted by molar-refractivity contribution is 6.01. The summed E-state index contributed by atoms with van der Waals surface area (Å²) >= 11 is 0. The molecule has 1 saturated heterocycles. The molecule has 1 aliphatic rings. The van der Waals surface area contributed by atoms with E-state index in [1.165, 1.54) is 18.2 Å². The lowest BCUT2D eigenvalue weighted by atomic mass is 9.96. The number of rotatable bonds is 4. The van der Waals surface area contributed by atoms with Gasteiger partial charge in [0.25, 0.3) is 0 Å². The molecule has 5 nitrogen and oxygen atoms in total. The first-order chi connectivity index (χ1) is 10.9. The van der Waals surface area contributed by atoms with E-state index in [1.54, 1.807) is 11.4 Å². The predicted molar refractivity (Wildman–Crippen MR) is 77.9 cm³/mol. The van der Waals surface area contributed by atoms with Crippen LogP contribution in [0.1, 0.15) is 19.3 Å². The number of amides is 2. The average Bonchev–Trinajstić information content (AvgIpc) is 2.49. The minimum Gasteiger partial charge on any atom is -0.381 e. The van der Waals surface area contributed by atoms with Gasteiger partial charge in [-0.05, 0) is 30.9 Å². The minimum atomic E-state index is -4.99. The summed E-state index contributed by atoms with van der Waals surface area (Å²) in [5.74, 6) is -2.19. The molecular weight excluding hydrogens is 313 g/mol. The van der Waals surface area contributed by atoms with E-state index < -0.39 is 12.1 Å². The number of nitrogens with one attached hydrogen (secondary N) is 2. The molecule has 1 aliphatic heterocycles. The van der Waals surface area contributed by atoms with Gasteiger partial charge in [-0.1, -0.05) is 12.1 Å².